The second-order valence-electron chi connectivity index (χ2n) is 6.09. The van der Waals surface area contributed by atoms with Crippen molar-refractivity contribution in [2.24, 2.45) is 11.8 Å². The standard InChI is InChI=1S/C17H29NO/c1-13(2)10-11-19-17-8-6-16(7-9-17)12-18-15(5)14(3)4/h6-9,13-15,18H,10-12H2,1-5H3. The Bertz CT molecular complexity index is 343. The molecule has 2 heteroatoms. The lowest BCUT2D eigenvalue weighted by atomic mass is 10.1. The van der Waals surface area contributed by atoms with Crippen molar-refractivity contribution >= 4 is 0 Å². The highest BCUT2D eigenvalue weighted by Gasteiger charge is 2.05. The Morgan fingerprint density at radius 1 is 1.00 bits per heavy atom. The highest BCUT2D eigenvalue weighted by molar-refractivity contribution is 5.27. The van der Waals surface area contributed by atoms with Crippen LogP contribution in [0.4, 0.5) is 0 Å². The van der Waals surface area contributed by atoms with Crippen LogP contribution in [0.15, 0.2) is 24.3 Å². The first-order valence-electron chi connectivity index (χ1n) is 7.44. The number of benzene rings is 1. The molecule has 1 atom stereocenters. The Morgan fingerprint density at radius 3 is 2.16 bits per heavy atom. The van der Waals surface area contributed by atoms with Gasteiger partial charge in [-0.3, -0.25) is 0 Å². The molecule has 19 heavy (non-hydrogen) atoms. The minimum absolute atomic E-state index is 0.543. The first kappa shape index (κ1) is 16.0. The van der Waals surface area contributed by atoms with E-state index in [2.05, 4.69) is 64.2 Å². The number of rotatable bonds is 8. The number of hydrogen-bond donors (Lipinski definition) is 1. The summed E-state index contributed by atoms with van der Waals surface area (Å²) < 4.78 is 5.72. The summed E-state index contributed by atoms with van der Waals surface area (Å²) in [6.07, 6.45) is 1.11. The topological polar surface area (TPSA) is 21.3 Å². The summed E-state index contributed by atoms with van der Waals surface area (Å²) in [6.45, 7) is 12.9. The van der Waals surface area contributed by atoms with Crippen LogP contribution in [0.1, 0.15) is 46.6 Å². The molecular formula is C17H29NO. The van der Waals surface area contributed by atoms with Gasteiger partial charge in [0.2, 0.25) is 0 Å². The summed E-state index contributed by atoms with van der Waals surface area (Å²) in [4.78, 5) is 0. The van der Waals surface area contributed by atoms with Gasteiger partial charge < -0.3 is 10.1 Å². The van der Waals surface area contributed by atoms with Gasteiger partial charge in [0.05, 0.1) is 6.61 Å². The summed E-state index contributed by atoms with van der Waals surface area (Å²) in [6, 6.07) is 8.96. The normalized spacial score (nSPS) is 13.0. The van der Waals surface area contributed by atoms with Gasteiger partial charge in [0, 0.05) is 12.6 Å². The largest absolute Gasteiger partial charge is 0.494 e. The Morgan fingerprint density at radius 2 is 1.63 bits per heavy atom. The first-order valence-corrected chi connectivity index (χ1v) is 7.44. The van der Waals surface area contributed by atoms with E-state index in [9.17, 15) is 0 Å². The number of nitrogens with one attached hydrogen (secondary N) is 1. The third-order valence-corrected chi connectivity index (χ3v) is 3.52. The van der Waals surface area contributed by atoms with Crippen LogP contribution in [0, 0.1) is 11.8 Å². The zero-order valence-electron chi connectivity index (χ0n) is 13.1. The average Bonchev–Trinajstić information content (AvgIpc) is 2.37. The van der Waals surface area contributed by atoms with Gasteiger partial charge in [0.1, 0.15) is 5.75 Å². The molecule has 0 aliphatic rings. The molecule has 0 heterocycles. The maximum Gasteiger partial charge on any atom is 0.119 e. The smallest absolute Gasteiger partial charge is 0.119 e. The maximum atomic E-state index is 5.72. The minimum atomic E-state index is 0.543. The Balaban J connectivity index is 2.35. The molecule has 108 valence electrons. The zero-order valence-corrected chi connectivity index (χ0v) is 13.1. The van der Waals surface area contributed by atoms with Gasteiger partial charge in [-0.2, -0.15) is 0 Å². The SMILES string of the molecule is CC(C)CCOc1ccc(CNC(C)C(C)C)cc1. The van der Waals surface area contributed by atoms with Gasteiger partial charge in [0.15, 0.2) is 0 Å². The molecule has 1 rings (SSSR count). The van der Waals surface area contributed by atoms with E-state index in [0.29, 0.717) is 17.9 Å². The first-order chi connectivity index (χ1) is 8.99. The molecule has 1 N–H and O–H groups in total. The predicted molar refractivity (Wildman–Crippen MR) is 82.5 cm³/mol. The molecule has 1 unspecified atom stereocenters. The van der Waals surface area contributed by atoms with Gasteiger partial charge in [0.25, 0.3) is 0 Å². The quantitative estimate of drug-likeness (QED) is 0.757. The van der Waals surface area contributed by atoms with Gasteiger partial charge in [-0.15, -0.1) is 0 Å². The summed E-state index contributed by atoms with van der Waals surface area (Å²) in [7, 11) is 0. The third-order valence-electron chi connectivity index (χ3n) is 3.52. The van der Waals surface area contributed by atoms with Gasteiger partial charge in [-0.1, -0.05) is 39.8 Å². The lowest BCUT2D eigenvalue weighted by Crippen LogP contribution is -2.30. The Hall–Kier alpha value is -1.02. The van der Waals surface area contributed by atoms with E-state index in [0.717, 1.165) is 25.3 Å². The van der Waals surface area contributed by atoms with Crippen LogP contribution in [0.2, 0.25) is 0 Å². The fourth-order valence-corrected chi connectivity index (χ4v) is 1.63. The van der Waals surface area contributed by atoms with Crippen molar-refractivity contribution in [1.29, 1.82) is 0 Å². The van der Waals surface area contributed by atoms with E-state index >= 15 is 0 Å². The van der Waals surface area contributed by atoms with Crippen molar-refractivity contribution in [3.05, 3.63) is 29.8 Å². The summed E-state index contributed by atoms with van der Waals surface area (Å²) in [5, 5.41) is 3.54. The van der Waals surface area contributed by atoms with Crippen LogP contribution >= 0.6 is 0 Å². The van der Waals surface area contributed by atoms with Crippen molar-refractivity contribution in [1.82, 2.24) is 5.32 Å². The lowest BCUT2D eigenvalue weighted by Gasteiger charge is -2.17. The Labute approximate surface area is 118 Å². The minimum Gasteiger partial charge on any atom is -0.494 e. The molecule has 1 aromatic carbocycles. The highest BCUT2D eigenvalue weighted by atomic mass is 16.5. The van der Waals surface area contributed by atoms with Crippen LogP contribution in [-0.4, -0.2) is 12.6 Å². The molecule has 0 aliphatic heterocycles. The number of ether oxygens (including phenoxy) is 1. The van der Waals surface area contributed by atoms with E-state index in [4.69, 9.17) is 4.74 Å². The van der Waals surface area contributed by atoms with Gasteiger partial charge in [-0.05, 0) is 42.9 Å². The molecule has 0 aliphatic carbocycles. The molecule has 2 nitrogen and oxygen atoms in total. The van der Waals surface area contributed by atoms with Crippen molar-refractivity contribution in [3.8, 4) is 5.75 Å². The van der Waals surface area contributed by atoms with Crippen molar-refractivity contribution in [2.75, 3.05) is 6.61 Å². The Kier molecular flexibility index (Phi) is 6.93. The second-order valence-corrected chi connectivity index (χ2v) is 6.09. The average molecular weight is 263 g/mol. The predicted octanol–water partition coefficient (Wildman–Crippen LogP) is 4.25. The molecule has 0 saturated heterocycles. The second kappa shape index (κ2) is 8.21. The molecule has 0 radical (unpaired) electrons. The molecule has 0 aromatic heterocycles. The van der Waals surface area contributed by atoms with Crippen LogP contribution in [0.25, 0.3) is 0 Å². The molecule has 1 aromatic rings. The molecule has 0 spiro atoms. The van der Waals surface area contributed by atoms with Crippen molar-refractivity contribution < 1.29 is 4.74 Å². The summed E-state index contributed by atoms with van der Waals surface area (Å²) >= 11 is 0. The molecule has 0 fully saturated rings. The van der Waals surface area contributed by atoms with E-state index < -0.39 is 0 Å². The van der Waals surface area contributed by atoms with Crippen molar-refractivity contribution in [3.63, 3.8) is 0 Å². The van der Waals surface area contributed by atoms with E-state index in [-0.39, 0.29) is 0 Å². The molecule has 0 bridgehead atoms. The fraction of sp³-hybridized carbons (Fsp3) is 0.647. The van der Waals surface area contributed by atoms with Crippen LogP contribution < -0.4 is 10.1 Å². The van der Waals surface area contributed by atoms with Crippen LogP contribution in [0.5, 0.6) is 5.75 Å². The summed E-state index contributed by atoms with van der Waals surface area (Å²) in [5.74, 6) is 2.33. The van der Waals surface area contributed by atoms with Gasteiger partial charge in [-0.25, -0.2) is 0 Å². The summed E-state index contributed by atoms with van der Waals surface area (Å²) in [5.41, 5.74) is 1.31. The fourth-order valence-electron chi connectivity index (χ4n) is 1.63. The molecular weight excluding hydrogens is 234 g/mol. The maximum absolute atomic E-state index is 5.72. The molecule has 0 saturated carbocycles. The van der Waals surface area contributed by atoms with Crippen LogP contribution in [-0.2, 0) is 6.54 Å². The zero-order chi connectivity index (χ0) is 14.3. The lowest BCUT2D eigenvalue weighted by molar-refractivity contribution is 0.289. The van der Waals surface area contributed by atoms with E-state index in [1.54, 1.807) is 0 Å². The van der Waals surface area contributed by atoms with Crippen LogP contribution in [0.3, 0.4) is 0 Å². The van der Waals surface area contributed by atoms with Crippen molar-refractivity contribution in [2.45, 2.75) is 53.6 Å². The number of hydrogen-bond acceptors (Lipinski definition) is 2. The molecule has 0 amide bonds. The van der Waals surface area contributed by atoms with Gasteiger partial charge >= 0.3 is 0 Å². The van der Waals surface area contributed by atoms with E-state index in [1.165, 1.54) is 5.56 Å². The third kappa shape index (κ3) is 6.63. The highest BCUT2D eigenvalue weighted by Crippen LogP contribution is 2.13. The monoisotopic (exact) mass is 263 g/mol. The van der Waals surface area contributed by atoms with E-state index in [1.807, 2.05) is 0 Å².